The van der Waals surface area contributed by atoms with Crippen LogP contribution in [0, 0.1) is 0 Å². The summed E-state index contributed by atoms with van der Waals surface area (Å²) in [5.41, 5.74) is 0. The van der Waals surface area contributed by atoms with Crippen molar-refractivity contribution in [3.63, 3.8) is 0 Å². The third-order valence-corrected chi connectivity index (χ3v) is 3.35. The second-order valence-electron chi connectivity index (χ2n) is 3.31. The number of rotatable bonds is 2. The first kappa shape index (κ1) is 9.36. The van der Waals surface area contributed by atoms with Crippen LogP contribution in [0.2, 0.25) is 0 Å². The van der Waals surface area contributed by atoms with Crippen LogP contribution in [0.15, 0.2) is 0 Å². The molecule has 0 spiro atoms. The minimum absolute atomic E-state index is 0.145. The first-order valence-electron chi connectivity index (χ1n) is 4.08. The van der Waals surface area contributed by atoms with Crippen molar-refractivity contribution >= 4 is 11.8 Å². The van der Waals surface area contributed by atoms with E-state index in [-0.39, 0.29) is 4.87 Å². The molecule has 0 amide bonds. The van der Waals surface area contributed by atoms with Gasteiger partial charge in [0.2, 0.25) is 0 Å². The summed E-state index contributed by atoms with van der Waals surface area (Å²) in [6, 6.07) is 0. The molecule has 11 heavy (non-hydrogen) atoms. The smallest absolute Gasteiger partial charge is 0.0855 e. The van der Waals surface area contributed by atoms with Gasteiger partial charge in [0.15, 0.2) is 0 Å². The van der Waals surface area contributed by atoms with Crippen LogP contribution in [0.1, 0.15) is 20.3 Å². The molecule has 2 atom stereocenters. The second-order valence-corrected chi connectivity index (χ2v) is 5.25. The molecular formula is C8H17NOS. The molecule has 1 rings (SSSR count). The summed E-state index contributed by atoms with van der Waals surface area (Å²) in [5, 5.41) is 4.23. The summed E-state index contributed by atoms with van der Waals surface area (Å²) in [7, 11) is 1.76. The zero-order valence-corrected chi connectivity index (χ0v) is 8.33. The van der Waals surface area contributed by atoms with Crippen LogP contribution < -0.4 is 5.32 Å². The highest BCUT2D eigenvalue weighted by molar-refractivity contribution is 8.01. The zero-order chi connectivity index (χ0) is 8.32. The van der Waals surface area contributed by atoms with Crippen LogP contribution in [-0.4, -0.2) is 30.4 Å². The lowest BCUT2D eigenvalue weighted by Crippen LogP contribution is -2.48. The number of thioether (sulfide) groups is 1. The Balaban J connectivity index is 2.41. The predicted molar refractivity (Wildman–Crippen MR) is 50.0 cm³/mol. The van der Waals surface area contributed by atoms with Crippen molar-refractivity contribution in [2.45, 2.75) is 30.4 Å². The Bertz CT molecular complexity index is 127. The summed E-state index contributed by atoms with van der Waals surface area (Å²) < 4.78 is 5.15. The summed E-state index contributed by atoms with van der Waals surface area (Å²) in [6.45, 7) is 6.40. The van der Waals surface area contributed by atoms with Crippen molar-refractivity contribution in [1.29, 1.82) is 0 Å². The molecule has 2 nitrogen and oxygen atoms in total. The molecule has 0 aromatic carbocycles. The van der Waals surface area contributed by atoms with Gasteiger partial charge in [0.05, 0.1) is 11.5 Å². The highest BCUT2D eigenvalue weighted by Gasteiger charge is 2.30. The first-order valence-corrected chi connectivity index (χ1v) is 4.96. The summed E-state index contributed by atoms with van der Waals surface area (Å²) in [6.07, 6.45) is 1.27. The van der Waals surface area contributed by atoms with Crippen LogP contribution in [0.25, 0.3) is 0 Å². The van der Waals surface area contributed by atoms with Gasteiger partial charge in [-0.05, 0) is 19.9 Å². The topological polar surface area (TPSA) is 21.3 Å². The fourth-order valence-corrected chi connectivity index (χ4v) is 2.94. The van der Waals surface area contributed by atoms with Crippen LogP contribution in [0.3, 0.4) is 0 Å². The molecule has 0 aromatic heterocycles. The highest BCUT2D eigenvalue weighted by atomic mass is 32.2. The van der Waals surface area contributed by atoms with Gasteiger partial charge in [-0.1, -0.05) is 6.92 Å². The normalized spacial score (nSPS) is 39.0. The lowest BCUT2D eigenvalue weighted by Gasteiger charge is -2.36. The summed E-state index contributed by atoms with van der Waals surface area (Å²) >= 11 is 1.98. The molecule has 1 saturated heterocycles. The van der Waals surface area contributed by atoms with Crippen molar-refractivity contribution in [3.05, 3.63) is 0 Å². The summed E-state index contributed by atoms with van der Waals surface area (Å²) in [4.78, 5) is 0.145. The van der Waals surface area contributed by atoms with Crippen LogP contribution in [0.5, 0.6) is 0 Å². The van der Waals surface area contributed by atoms with Gasteiger partial charge in [-0.2, -0.15) is 0 Å². The van der Waals surface area contributed by atoms with Gasteiger partial charge in [-0.15, -0.1) is 11.8 Å². The average Bonchev–Trinajstić information content (AvgIpc) is 1.86. The molecule has 0 aromatic rings. The average molecular weight is 175 g/mol. The molecule has 1 heterocycles. The summed E-state index contributed by atoms with van der Waals surface area (Å²) in [5.74, 6) is 0. The quantitative estimate of drug-likeness (QED) is 0.686. The van der Waals surface area contributed by atoms with E-state index in [0.29, 0.717) is 0 Å². The fourth-order valence-electron chi connectivity index (χ4n) is 1.44. The van der Waals surface area contributed by atoms with E-state index < -0.39 is 0 Å². The van der Waals surface area contributed by atoms with Gasteiger partial charge in [-0.25, -0.2) is 0 Å². The molecule has 2 unspecified atom stereocenters. The number of hydrogen-bond donors (Lipinski definition) is 1. The minimum atomic E-state index is 0.145. The molecule has 0 aliphatic carbocycles. The third kappa shape index (κ3) is 2.65. The lowest BCUT2D eigenvalue weighted by molar-refractivity contribution is 0.157. The molecule has 1 fully saturated rings. The fraction of sp³-hybridized carbons (Fsp3) is 1.00. The molecule has 0 bridgehead atoms. The van der Waals surface area contributed by atoms with Crippen LogP contribution in [-0.2, 0) is 4.74 Å². The van der Waals surface area contributed by atoms with Gasteiger partial charge >= 0.3 is 0 Å². The molecule has 3 heteroatoms. The zero-order valence-electron chi connectivity index (χ0n) is 7.52. The predicted octanol–water partition coefficient (Wildman–Crippen LogP) is 1.46. The molecule has 0 saturated carbocycles. The molecular weight excluding hydrogens is 158 g/mol. The Morgan fingerprint density at radius 3 is 3.00 bits per heavy atom. The van der Waals surface area contributed by atoms with E-state index in [2.05, 4.69) is 19.2 Å². The molecule has 1 N–H and O–H groups in total. The minimum Gasteiger partial charge on any atom is -0.382 e. The standard InChI is InChI=1S/C8H17NOS/c1-7-4-5-9-8(2,11-7)6-10-3/h7,9H,4-6H2,1-3H3. The Hall–Kier alpha value is 0.270. The Morgan fingerprint density at radius 1 is 1.73 bits per heavy atom. The van der Waals surface area contributed by atoms with Crippen molar-refractivity contribution in [1.82, 2.24) is 5.32 Å². The number of ether oxygens (including phenoxy) is 1. The van der Waals surface area contributed by atoms with E-state index in [0.717, 1.165) is 18.4 Å². The van der Waals surface area contributed by atoms with E-state index in [9.17, 15) is 0 Å². The highest BCUT2D eigenvalue weighted by Crippen LogP contribution is 2.31. The van der Waals surface area contributed by atoms with E-state index in [1.54, 1.807) is 7.11 Å². The van der Waals surface area contributed by atoms with Gasteiger partial charge in [0.25, 0.3) is 0 Å². The van der Waals surface area contributed by atoms with Crippen LogP contribution >= 0.6 is 11.8 Å². The van der Waals surface area contributed by atoms with Crippen molar-refractivity contribution < 1.29 is 4.74 Å². The Labute approximate surface area is 73.1 Å². The molecule has 66 valence electrons. The maximum Gasteiger partial charge on any atom is 0.0855 e. The second kappa shape index (κ2) is 3.78. The number of methoxy groups -OCH3 is 1. The SMILES string of the molecule is COCC1(C)NCCC(C)S1. The van der Waals surface area contributed by atoms with Gasteiger partial charge < -0.3 is 10.1 Å². The third-order valence-electron chi connectivity index (χ3n) is 1.93. The van der Waals surface area contributed by atoms with Gasteiger partial charge in [0, 0.05) is 12.4 Å². The van der Waals surface area contributed by atoms with Crippen molar-refractivity contribution in [3.8, 4) is 0 Å². The largest absolute Gasteiger partial charge is 0.382 e. The van der Waals surface area contributed by atoms with Gasteiger partial charge in [0.1, 0.15) is 0 Å². The first-order chi connectivity index (χ1) is 5.16. The maximum atomic E-state index is 5.15. The molecule has 1 aliphatic rings. The molecule has 0 radical (unpaired) electrons. The maximum absolute atomic E-state index is 5.15. The number of hydrogen-bond acceptors (Lipinski definition) is 3. The lowest BCUT2D eigenvalue weighted by atomic mass is 10.2. The van der Waals surface area contributed by atoms with Gasteiger partial charge in [-0.3, -0.25) is 0 Å². The number of nitrogens with one attached hydrogen (secondary N) is 1. The van der Waals surface area contributed by atoms with E-state index in [1.165, 1.54) is 6.42 Å². The van der Waals surface area contributed by atoms with E-state index >= 15 is 0 Å². The van der Waals surface area contributed by atoms with Crippen LogP contribution in [0.4, 0.5) is 0 Å². The molecule has 1 aliphatic heterocycles. The van der Waals surface area contributed by atoms with E-state index in [1.807, 2.05) is 11.8 Å². The Morgan fingerprint density at radius 2 is 2.45 bits per heavy atom. The van der Waals surface area contributed by atoms with E-state index in [4.69, 9.17) is 4.74 Å². The van der Waals surface area contributed by atoms with Crippen molar-refractivity contribution in [2.75, 3.05) is 20.3 Å². The van der Waals surface area contributed by atoms with Crippen molar-refractivity contribution in [2.24, 2.45) is 0 Å². The monoisotopic (exact) mass is 175 g/mol. The Kier molecular flexibility index (Phi) is 3.22.